The lowest BCUT2D eigenvalue weighted by Gasteiger charge is -2.27. The van der Waals surface area contributed by atoms with Crippen LogP contribution in [0.1, 0.15) is 33.6 Å². The molecule has 0 aromatic heterocycles. The summed E-state index contributed by atoms with van der Waals surface area (Å²) in [5.41, 5.74) is 0.247. The van der Waals surface area contributed by atoms with Crippen LogP contribution in [0.4, 0.5) is 0 Å². The molecule has 0 aromatic carbocycles. The van der Waals surface area contributed by atoms with Gasteiger partial charge in [0.15, 0.2) is 0 Å². The molecule has 0 spiro atoms. The minimum atomic E-state index is -0.852. The number of hydrogen-bond donors (Lipinski definition) is 1. The first-order chi connectivity index (χ1) is 15.3. The second kappa shape index (κ2) is 13.9. The first-order valence-corrected chi connectivity index (χ1v) is 11.5. The molecule has 2 unspecified atom stereocenters. The van der Waals surface area contributed by atoms with Crippen molar-refractivity contribution in [1.29, 1.82) is 0 Å². The largest absolute Gasteiger partial charge is 0.379 e. The molecule has 0 saturated carbocycles. The van der Waals surface area contributed by atoms with Gasteiger partial charge in [-0.3, -0.25) is 9.59 Å². The van der Waals surface area contributed by atoms with Crippen molar-refractivity contribution in [2.75, 3.05) is 72.5 Å². The molecule has 0 bridgehead atoms. The number of likely N-dealkylation sites (tertiary alicyclic amines) is 1. The fraction of sp³-hybridized carbons (Fsp3) is 0.826. The van der Waals surface area contributed by atoms with Crippen molar-refractivity contribution in [3.63, 3.8) is 0 Å². The van der Waals surface area contributed by atoms with Crippen LogP contribution in [0.25, 0.3) is 0 Å². The maximum Gasteiger partial charge on any atom is 0.248 e. The van der Waals surface area contributed by atoms with E-state index in [-0.39, 0.29) is 17.2 Å². The molecular formula is C23H40N2O7. The molecule has 0 aromatic rings. The Morgan fingerprint density at radius 2 is 1.56 bits per heavy atom. The van der Waals surface area contributed by atoms with Gasteiger partial charge < -0.3 is 33.9 Å². The zero-order valence-corrected chi connectivity index (χ0v) is 19.8. The van der Waals surface area contributed by atoms with Gasteiger partial charge >= 0.3 is 0 Å². The van der Waals surface area contributed by atoms with Gasteiger partial charge in [0.2, 0.25) is 11.8 Å². The van der Waals surface area contributed by atoms with E-state index < -0.39 is 6.23 Å². The lowest BCUT2D eigenvalue weighted by Crippen LogP contribution is -2.36. The minimum Gasteiger partial charge on any atom is -0.379 e. The third-order valence-electron chi connectivity index (χ3n) is 5.83. The molecule has 2 rings (SSSR count). The second-order valence-corrected chi connectivity index (χ2v) is 9.20. The van der Waals surface area contributed by atoms with E-state index in [1.807, 2.05) is 4.90 Å². The second-order valence-electron chi connectivity index (χ2n) is 9.20. The van der Waals surface area contributed by atoms with E-state index in [2.05, 4.69) is 20.8 Å². The molecule has 9 heteroatoms. The molecule has 2 atom stereocenters. The Bertz CT molecular complexity index is 606. The summed E-state index contributed by atoms with van der Waals surface area (Å²) >= 11 is 0. The number of carbonyl (C=O) groups excluding carboxylic acids is 2. The van der Waals surface area contributed by atoms with Crippen LogP contribution in [-0.2, 0) is 28.5 Å². The Morgan fingerprint density at radius 1 is 1.00 bits per heavy atom. The molecule has 0 radical (unpaired) electrons. The Kier molecular flexibility index (Phi) is 11.6. The van der Waals surface area contributed by atoms with E-state index >= 15 is 0 Å². The molecule has 2 heterocycles. The fourth-order valence-corrected chi connectivity index (χ4v) is 3.68. The smallest absolute Gasteiger partial charge is 0.248 e. The zero-order chi connectivity index (χ0) is 23.4. The molecule has 184 valence electrons. The van der Waals surface area contributed by atoms with E-state index in [4.69, 9.17) is 18.9 Å². The van der Waals surface area contributed by atoms with Crippen LogP contribution in [0, 0.1) is 11.3 Å². The molecule has 32 heavy (non-hydrogen) atoms. The standard InChI is InChI=1S/C23H40N2O7/c1-23(2,3)19-6-8-24(18-19)20(26)7-10-29-12-14-31-16-17-32-15-13-30-11-9-25-21(27)4-5-22(25)28/h4-5,19,21,27H,6-18H2,1-3H3. The molecule has 2 amide bonds. The predicted octanol–water partition coefficient (Wildman–Crippen LogP) is 1.05. The maximum atomic E-state index is 12.3. The number of aliphatic hydroxyl groups is 1. The van der Waals surface area contributed by atoms with Crippen LogP contribution in [0.2, 0.25) is 0 Å². The van der Waals surface area contributed by atoms with E-state index in [0.29, 0.717) is 71.7 Å². The van der Waals surface area contributed by atoms with Crippen LogP contribution in [0.3, 0.4) is 0 Å². The number of carbonyl (C=O) groups is 2. The Labute approximate surface area is 191 Å². The first kappa shape index (κ1) is 26.7. The first-order valence-electron chi connectivity index (χ1n) is 11.5. The highest BCUT2D eigenvalue weighted by Gasteiger charge is 2.33. The van der Waals surface area contributed by atoms with Crippen LogP contribution >= 0.6 is 0 Å². The van der Waals surface area contributed by atoms with Gasteiger partial charge in [-0.15, -0.1) is 0 Å². The van der Waals surface area contributed by atoms with Crippen molar-refractivity contribution >= 4 is 11.8 Å². The van der Waals surface area contributed by atoms with Crippen molar-refractivity contribution in [1.82, 2.24) is 9.80 Å². The summed E-state index contributed by atoms with van der Waals surface area (Å²) < 4.78 is 21.8. The van der Waals surface area contributed by atoms with Crippen molar-refractivity contribution in [2.45, 2.75) is 39.8 Å². The monoisotopic (exact) mass is 456 g/mol. The topological polar surface area (TPSA) is 97.8 Å². The van der Waals surface area contributed by atoms with Crippen molar-refractivity contribution in [3.8, 4) is 0 Å². The summed E-state index contributed by atoms with van der Waals surface area (Å²) in [6.07, 6.45) is 3.46. The zero-order valence-electron chi connectivity index (χ0n) is 19.8. The quantitative estimate of drug-likeness (QED) is 0.368. The molecule has 0 aliphatic carbocycles. The van der Waals surface area contributed by atoms with Crippen molar-refractivity contribution in [3.05, 3.63) is 12.2 Å². The van der Waals surface area contributed by atoms with Gasteiger partial charge in [0.05, 0.1) is 59.3 Å². The average Bonchev–Trinajstić information content (AvgIpc) is 3.36. The molecule has 2 aliphatic heterocycles. The maximum absolute atomic E-state index is 12.3. The van der Waals surface area contributed by atoms with Crippen molar-refractivity contribution < 1.29 is 33.6 Å². The number of amides is 2. The fourth-order valence-electron chi connectivity index (χ4n) is 3.68. The lowest BCUT2D eigenvalue weighted by atomic mass is 9.80. The number of aliphatic hydroxyl groups excluding tert-OH is 1. The highest BCUT2D eigenvalue weighted by atomic mass is 16.6. The number of nitrogens with zero attached hydrogens (tertiary/aromatic N) is 2. The Morgan fingerprint density at radius 3 is 2.06 bits per heavy atom. The average molecular weight is 457 g/mol. The van der Waals surface area contributed by atoms with Gasteiger partial charge in [0.25, 0.3) is 0 Å². The normalized spacial score (nSPS) is 21.2. The summed E-state index contributed by atoms with van der Waals surface area (Å²) in [6.45, 7) is 12.2. The SMILES string of the molecule is CC(C)(C)C1CCN(C(=O)CCOCCOCCOCCOCCN2C(=O)C=CC2O)C1. The number of ether oxygens (including phenoxy) is 4. The van der Waals surface area contributed by atoms with E-state index in [1.165, 1.54) is 17.1 Å². The molecule has 2 aliphatic rings. The van der Waals surface area contributed by atoms with Crippen LogP contribution < -0.4 is 0 Å². The molecule has 1 saturated heterocycles. The van der Waals surface area contributed by atoms with Gasteiger partial charge in [0.1, 0.15) is 6.23 Å². The van der Waals surface area contributed by atoms with Crippen LogP contribution in [0.15, 0.2) is 12.2 Å². The number of rotatable bonds is 15. The highest BCUT2D eigenvalue weighted by molar-refractivity contribution is 5.90. The summed E-state index contributed by atoms with van der Waals surface area (Å²) in [4.78, 5) is 27.0. The van der Waals surface area contributed by atoms with E-state index in [9.17, 15) is 14.7 Å². The summed E-state index contributed by atoms with van der Waals surface area (Å²) in [5.74, 6) is 0.542. The van der Waals surface area contributed by atoms with Gasteiger partial charge in [-0.1, -0.05) is 20.8 Å². The summed E-state index contributed by atoms with van der Waals surface area (Å²) in [5, 5.41) is 9.55. The Hall–Kier alpha value is -1.52. The Balaban J connectivity index is 1.32. The minimum absolute atomic E-state index is 0.174. The molecule has 1 fully saturated rings. The number of hydrogen-bond acceptors (Lipinski definition) is 7. The van der Waals surface area contributed by atoms with Gasteiger partial charge in [-0.2, -0.15) is 0 Å². The lowest BCUT2D eigenvalue weighted by molar-refractivity contribution is -0.132. The van der Waals surface area contributed by atoms with Gasteiger partial charge in [-0.25, -0.2) is 0 Å². The van der Waals surface area contributed by atoms with E-state index in [1.54, 1.807) is 0 Å². The molecular weight excluding hydrogens is 416 g/mol. The van der Waals surface area contributed by atoms with Gasteiger partial charge in [0, 0.05) is 25.7 Å². The van der Waals surface area contributed by atoms with Crippen molar-refractivity contribution in [2.24, 2.45) is 11.3 Å². The van der Waals surface area contributed by atoms with Gasteiger partial charge in [-0.05, 0) is 23.8 Å². The predicted molar refractivity (Wildman–Crippen MR) is 119 cm³/mol. The highest BCUT2D eigenvalue weighted by Crippen LogP contribution is 2.33. The molecule has 9 nitrogen and oxygen atoms in total. The summed E-state index contributed by atoms with van der Waals surface area (Å²) in [6, 6.07) is 0. The van der Waals surface area contributed by atoms with E-state index in [0.717, 1.165) is 19.5 Å². The third-order valence-corrected chi connectivity index (χ3v) is 5.83. The molecule has 1 N–H and O–H groups in total. The van der Waals surface area contributed by atoms with Crippen LogP contribution in [0.5, 0.6) is 0 Å². The summed E-state index contributed by atoms with van der Waals surface area (Å²) in [7, 11) is 0. The third kappa shape index (κ3) is 9.54. The van der Waals surface area contributed by atoms with Crippen LogP contribution in [-0.4, -0.2) is 105 Å².